The van der Waals surface area contributed by atoms with Gasteiger partial charge in [-0.3, -0.25) is 24.6 Å². The van der Waals surface area contributed by atoms with Crippen LogP contribution in [0.1, 0.15) is 18.6 Å². The molecule has 2 N–H and O–H groups in total. The minimum absolute atomic E-state index is 0.153. The van der Waals surface area contributed by atoms with E-state index >= 15 is 0 Å². The summed E-state index contributed by atoms with van der Waals surface area (Å²) in [6, 6.07) is 9.28. The first kappa shape index (κ1) is 19.6. The first-order valence-electron chi connectivity index (χ1n) is 9.09. The van der Waals surface area contributed by atoms with Crippen LogP contribution in [0.4, 0.5) is 11.4 Å². The van der Waals surface area contributed by atoms with E-state index in [2.05, 4.69) is 15.5 Å². The number of hydrogen-bond acceptors (Lipinski definition) is 6. The Morgan fingerprint density at radius 1 is 1.18 bits per heavy atom. The minimum atomic E-state index is -0.837. The van der Waals surface area contributed by atoms with Gasteiger partial charge in [0.2, 0.25) is 0 Å². The SMILES string of the molecule is O=C(NCC1CCN(Cc2ccco2)CC1)C(=O)Nc1cccc([N+](=O)[O-])c1. The highest BCUT2D eigenvalue weighted by Gasteiger charge is 2.22. The summed E-state index contributed by atoms with van der Waals surface area (Å²) in [5, 5.41) is 15.8. The minimum Gasteiger partial charge on any atom is -0.468 e. The Bertz CT molecular complexity index is 829. The fraction of sp³-hybridized carbons (Fsp3) is 0.368. The van der Waals surface area contributed by atoms with Crippen LogP contribution in [0, 0.1) is 16.0 Å². The topological polar surface area (TPSA) is 118 Å². The third kappa shape index (κ3) is 5.40. The fourth-order valence-corrected chi connectivity index (χ4v) is 3.17. The second kappa shape index (κ2) is 9.14. The van der Waals surface area contributed by atoms with Crippen molar-refractivity contribution in [2.24, 2.45) is 5.92 Å². The number of likely N-dealkylation sites (tertiary alicyclic amines) is 1. The lowest BCUT2D eigenvalue weighted by Crippen LogP contribution is -2.41. The van der Waals surface area contributed by atoms with Crippen molar-refractivity contribution in [1.82, 2.24) is 10.2 Å². The number of carbonyl (C=O) groups is 2. The van der Waals surface area contributed by atoms with Gasteiger partial charge >= 0.3 is 11.8 Å². The number of piperidine rings is 1. The first-order valence-corrected chi connectivity index (χ1v) is 9.09. The first-order chi connectivity index (χ1) is 13.5. The molecule has 0 bridgehead atoms. The molecule has 2 aromatic rings. The molecule has 148 valence electrons. The summed E-state index contributed by atoms with van der Waals surface area (Å²) in [5.41, 5.74) is 0.0556. The number of furan rings is 1. The van der Waals surface area contributed by atoms with Crippen molar-refractivity contribution in [1.29, 1.82) is 0 Å². The average Bonchev–Trinajstić information content (AvgIpc) is 3.20. The Labute approximate surface area is 161 Å². The Hall–Kier alpha value is -3.20. The van der Waals surface area contributed by atoms with Gasteiger partial charge in [-0.1, -0.05) is 6.07 Å². The Morgan fingerprint density at radius 3 is 2.64 bits per heavy atom. The molecule has 2 heterocycles. The Balaban J connectivity index is 1.40. The van der Waals surface area contributed by atoms with Gasteiger partial charge in [0.05, 0.1) is 17.7 Å². The summed E-state index contributed by atoms with van der Waals surface area (Å²) in [6.45, 7) is 3.01. The molecule has 3 rings (SSSR count). The number of nitro benzene ring substituents is 1. The van der Waals surface area contributed by atoms with Crippen molar-refractivity contribution < 1.29 is 18.9 Å². The van der Waals surface area contributed by atoms with Crippen LogP contribution in [0.2, 0.25) is 0 Å². The van der Waals surface area contributed by atoms with Gasteiger partial charge in [-0.05, 0) is 50.0 Å². The molecule has 0 aliphatic carbocycles. The molecule has 1 aliphatic rings. The van der Waals surface area contributed by atoms with E-state index in [9.17, 15) is 19.7 Å². The quantitative estimate of drug-likeness (QED) is 0.446. The van der Waals surface area contributed by atoms with E-state index in [1.54, 1.807) is 6.26 Å². The summed E-state index contributed by atoms with van der Waals surface area (Å²) in [6.07, 6.45) is 3.51. The molecule has 2 amide bonds. The number of carbonyl (C=O) groups excluding carboxylic acids is 2. The Kier molecular flexibility index (Phi) is 6.38. The number of anilines is 1. The summed E-state index contributed by atoms with van der Waals surface area (Å²) < 4.78 is 5.36. The van der Waals surface area contributed by atoms with Crippen LogP contribution in [0.3, 0.4) is 0 Å². The number of rotatable bonds is 6. The Morgan fingerprint density at radius 2 is 1.96 bits per heavy atom. The zero-order valence-electron chi connectivity index (χ0n) is 15.3. The smallest absolute Gasteiger partial charge is 0.313 e. The van der Waals surface area contributed by atoms with Crippen LogP contribution in [0.5, 0.6) is 0 Å². The highest BCUT2D eigenvalue weighted by Crippen LogP contribution is 2.19. The molecule has 0 spiro atoms. The van der Waals surface area contributed by atoms with Crippen LogP contribution in [-0.2, 0) is 16.1 Å². The molecule has 0 atom stereocenters. The third-order valence-electron chi connectivity index (χ3n) is 4.74. The standard InChI is InChI=1S/C19H22N4O5/c24-18(19(25)21-15-3-1-4-16(11-15)23(26)27)20-12-14-6-8-22(9-7-14)13-17-5-2-10-28-17/h1-5,10-11,14H,6-9,12-13H2,(H,20,24)(H,21,25). The number of hydrogen-bond donors (Lipinski definition) is 2. The van der Waals surface area contributed by atoms with E-state index in [1.807, 2.05) is 12.1 Å². The normalized spacial score (nSPS) is 15.1. The van der Waals surface area contributed by atoms with Gasteiger partial charge in [0.1, 0.15) is 5.76 Å². The van der Waals surface area contributed by atoms with E-state index in [1.165, 1.54) is 24.3 Å². The van der Waals surface area contributed by atoms with Gasteiger partial charge in [-0.2, -0.15) is 0 Å². The summed E-state index contributed by atoms with van der Waals surface area (Å²) in [7, 11) is 0. The predicted octanol–water partition coefficient (Wildman–Crippen LogP) is 2.15. The lowest BCUT2D eigenvalue weighted by atomic mass is 9.96. The van der Waals surface area contributed by atoms with Crippen molar-refractivity contribution in [2.75, 3.05) is 25.0 Å². The van der Waals surface area contributed by atoms with Gasteiger partial charge in [-0.25, -0.2) is 0 Å². The maximum atomic E-state index is 12.0. The molecule has 1 saturated heterocycles. The van der Waals surface area contributed by atoms with Crippen molar-refractivity contribution in [3.8, 4) is 0 Å². The van der Waals surface area contributed by atoms with Gasteiger partial charge in [0.25, 0.3) is 5.69 Å². The highest BCUT2D eigenvalue weighted by molar-refractivity contribution is 6.39. The third-order valence-corrected chi connectivity index (χ3v) is 4.74. The molecule has 1 aliphatic heterocycles. The molecule has 0 unspecified atom stereocenters. The molecule has 9 nitrogen and oxygen atoms in total. The van der Waals surface area contributed by atoms with Crippen LogP contribution < -0.4 is 10.6 Å². The lowest BCUT2D eigenvalue weighted by Gasteiger charge is -2.31. The molecule has 1 fully saturated rings. The molecule has 0 radical (unpaired) electrons. The summed E-state index contributed by atoms with van der Waals surface area (Å²) >= 11 is 0. The molecule has 1 aromatic heterocycles. The maximum absolute atomic E-state index is 12.0. The van der Waals surface area contributed by atoms with Gasteiger partial charge in [0, 0.05) is 24.4 Å². The van der Waals surface area contributed by atoms with E-state index in [0.717, 1.165) is 38.2 Å². The van der Waals surface area contributed by atoms with Crippen molar-refractivity contribution >= 4 is 23.2 Å². The van der Waals surface area contributed by atoms with Gasteiger partial charge in [-0.15, -0.1) is 0 Å². The zero-order valence-corrected chi connectivity index (χ0v) is 15.3. The zero-order chi connectivity index (χ0) is 19.9. The molecular formula is C19H22N4O5. The van der Waals surface area contributed by atoms with E-state index < -0.39 is 16.7 Å². The lowest BCUT2D eigenvalue weighted by molar-refractivity contribution is -0.384. The largest absolute Gasteiger partial charge is 0.468 e. The molecule has 28 heavy (non-hydrogen) atoms. The molecule has 0 saturated carbocycles. The van der Waals surface area contributed by atoms with Crippen molar-refractivity contribution in [2.45, 2.75) is 19.4 Å². The van der Waals surface area contributed by atoms with Crippen LogP contribution in [0.25, 0.3) is 0 Å². The molecule has 1 aromatic carbocycles. The number of amides is 2. The number of nitro groups is 1. The van der Waals surface area contributed by atoms with Crippen molar-refractivity contribution in [3.05, 3.63) is 58.5 Å². The summed E-state index contributed by atoms with van der Waals surface area (Å²) in [5.74, 6) is -0.340. The number of benzene rings is 1. The van der Waals surface area contributed by atoms with Crippen LogP contribution in [-0.4, -0.2) is 41.3 Å². The maximum Gasteiger partial charge on any atom is 0.313 e. The van der Waals surface area contributed by atoms with E-state index in [0.29, 0.717) is 12.5 Å². The predicted molar refractivity (Wildman–Crippen MR) is 101 cm³/mol. The number of non-ortho nitro benzene ring substituents is 1. The van der Waals surface area contributed by atoms with Crippen LogP contribution in [0.15, 0.2) is 47.1 Å². The van der Waals surface area contributed by atoms with Gasteiger partial charge in [0.15, 0.2) is 0 Å². The fourth-order valence-electron chi connectivity index (χ4n) is 3.17. The van der Waals surface area contributed by atoms with Crippen molar-refractivity contribution in [3.63, 3.8) is 0 Å². The van der Waals surface area contributed by atoms with Crippen LogP contribution >= 0.6 is 0 Å². The summed E-state index contributed by atoms with van der Waals surface area (Å²) in [4.78, 5) is 36.5. The highest BCUT2D eigenvalue weighted by atomic mass is 16.6. The molecular weight excluding hydrogens is 364 g/mol. The average molecular weight is 386 g/mol. The van der Waals surface area contributed by atoms with Gasteiger partial charge < -0.3 is 15.1 Å². The number of nitrogens with zero attached hydrogens (tertiary/aromatic N) is 2. The van der Waals surface area contributed by atoms with E-state index in [4.69, 9.17) is 4.42 Å². The van der Waals surface area contributed by atoms with E-state index in [-0.39, 0.29) is 11.4 Å². The molecule has 9 heteroatoms. The number of nitrogens with one attached hydrogen (secondary N) is 2. The second-order valence-electron chi connectivity index (χ2n) is 6.77. The second-order valence-corrected chi connectivity index (χ2v) is 6.77. The monoisotopic (exact) mass is 386 g/mol.